The first-order valence-electron chi connectivity index (χ1n) is 5.17. The molecule has 15 heavy (non-hydrogen) atoms. The van der Waals surface area contributed by atoms with E-state index in [-0.39, 0.29) is 0 Å². The van der Waals surface area contributed by atoms with E-state index in [1.54, 1.807) is 0 Å². The normalized spacial score (nSPS) is 11.5. The third-order valence-electron chi connectivity index (χ3n) is 2.49. The van der Waals surface area contributed by atoms with Crippen LogP contribution in [0.25, 0.3) is 11.0 Å². The molecule has 0 aromatic carbocycles. The molecular weight excluding hydrogens is 188 g/mol. The molecule has 80 valence electrons. The average Bonchev–Trinajstić information content (AvgIpc) is 2.59. The Balaban J connectivity index is 2.75. The van der Waals surface area contributed by atoms with Crippen LogP contribution >= 0.6 is 0 Å². The highest BCUT2D eigenvalue weighted by atomic mass is 15.3. The van der Waals surface area contributed by atoms with E-state index in [4.69, 9.17) is 5.73 Å². The van der Waals surface area contributed by atoms with Crippen LogP contribution < -0.4 is 5.73 Å². The molecule has 0 aliphatic rings. The lowest BCUT2D eigenvalue weighted by Gasteiger charge is -2.07. The van der Waals surface area contributed by atoms with Crippen LogP contribution in [0.5, 0.6) is 0 Å². The van der Waals surface area contributed by atoms with Crippen molar-refractivity contribution in [2.45, 2.75) is 33.4 Å². The van der Waals surface area contributed by atoms with Crippen LogP contribution in [-0.2, 0) is 6.54 Å². The fourth-order valence-corrected chi connectivity index (χ4v) is 1.77. The summed E-state index contributed by atoms with van der Waals surface area (Å²) in [7, 11) is 0. The minimum atomic E-state index is 0.322. The first-order valence-corrected chi connectivity index (χ1v) is 5.17. The summed E-state index contributed by atoms with van der Waals surface area (Å²) < 4.78 is 1.93. The van der Waals surface area contributed by atoms with Crippen LogP contribution in [0.1, 0.15) is 31.1 Å². The van der Waals surface area contributed by atoms with E-state index >= 15 is 0 Å². The van der Waals surface area contributed by atoms with Gasteiger partial charge in [0.05, 0.1) is 6.20 Å². The van der Waals surface area contributed by atoms with Crippen LogP contribution in [-0.4, -0.2) is 14.8 Å². The summed E-state index contributed by atoms with van der Waals surface area (Å²) in [6.07, 6.45) is 1.85. The summed E-state index contributed by atoms with van der Waals surface area (Å²) in [5, 5.41) is 5.41. The van der Waals surface area contributed by atoms with E-state index in [0.29, 0.717) is 12.6 Å². The lowest BCUT2D eigenvalue weighted by Crippen LogP contribution is -2.05. The number of hydrogen-bond acceptors (Lipinski definition) is 3. The van der Waals surface area contributed by atoms with Crippen molar-refractivity contribution in [3.05, 3.63) is 23.5 Å². The van der Waals surface area contributed by atoms with Gasteiger partial charge in [-0.2, -0.15) is 5.10 Å². The molecule has 4 heteroatoms. The maximum Gasteiger partial charge on any atom is 0.158 e. The second kappa shape index (κ2) is 3.62. The molecule has 0 amide bonds. The van der Waals surface area contributed by atoms with E-state index < -0.39 is 0 Å². The van der Waals surface area contributed by atoms with Crippen molar-refractivity contribution in [3.63, 3.8) is 0 Å². The van der Waals surface area contributed by atoms with Gasteiger partial charge in [0.15, 0.2) is 5.65 Å². The number of aryl methyl sites for hydroxylation is 1. The van der Waals surface area contributed by atoms with Gasteiger partial charge in [-0.1, -0.05) is 0 Å². The smallest absolute Gasteiger partial charge is 0.158 e. The molecule has 0 radical (unpaired) electrons. The van der Waals surface area contributed by atoms with Crippen molar-refractivity contribution in [2.75, 3.05) is 0 Å². The second-order valence-corrected chi connectivity index (χ2v) is 4.05. The molecule has 0 spiro atoms. The number of nitrogens with two attached hydrogens (primary N) is 1. The minimum Gasteiger partial charge on any atom is -0.326 e. The Morgan fingerprint density at radius 1 is 1.47 bits per heavy atom. The summed E-state index contributed by atoms with van der Waals surface area (Å²) in [5.41, 5.74) is 8.75. The van der Waals surface area contributed by atoms with Gasteiger partial charge in [0.25, 0.3) is 0 Å². The third-order valence-corrected chi connectivity index (χ3v) is 2.49. The van der Waals surface area contributed by atoms with Gasteiger partial charge in [-0.3, -0.25) is 0 Å². The molecule has 2 heterocycles. The maximum absolute atomic E-state index is 5.71. The van der Waals surface area contributed by atoms with Crippen molar-refractivity contribution in [1.82, 2.24) is 14.8 Å². The minimum absolute atomic E-state index is 0.322. The fourth-order valence-electron chi connectivity index (χ4n) is 1.77. The second-order valence-electron chi connectivity index (χ2n) is 4.05. The Hall–Kier alpha value is -1.42. The van der Waals surface area contributed by atoms with E-state index in [0.717, 1.165) is 22.3 Å². The zero-order valence-corrected chi connectivity index (χ0v) is 9.36. The van der Waals surface area contributed by atoms with Crippen molar-refractivity contribution in [2.24, 2.45) is 5.73 Å². The molecule has 0 unspecified atom stereocenters. The Bertz CT molecular complexity index is 485. The highest BCUT2D eigenvalue weighted by Gasteiger charge is 2.10. The molecule has 0 saturated heterocycles. The van der Waals surface area contributed by atoms with Gasteiger partial charge in [-0.15, -0.1) is 0 Å². The standard InChI is InChI=1S/C11H16N4/c1-7(2)15-11-10(6-13-15)9(5-12)4-8(3)14-11/h4,6-7H,5,12H2,1-3H3. The topological polar surface area (TPSA) is 56.7 Å². The molecule has 4 nitrogen and oxygen atoms in total. The molecular formula is C11H16N4. The highest BCUT2D eigenvalue weighted by Crippen LogP contribution is 2.20. The van der Waals surface area contributed by atoms with Gasteiger partial charge in [0.2, 0.25) is 0 Å². The lowest BCUT2D eigenvalue weighted by molar-refractivity contribution is 0.546. The van der Waals surface area contributed by atoms with Gasteiger partial charge in [-0.05, 0) is 32.4 Å². The monoisotopic (exact) mass is 204 g/mol. The summed E-state index contributed by atoms with van der Waals surface area (Å²) in [5.74, 6) is 0. The Morgan fingerprint density at radius 3 is 2.80 bits per heavy atom. The molecule has 0 aliphatic heterocycles. The number of pyridine rings is 1. The van der Waals surface area contributed by atoms with Gasteiger partial charge < -0.3 is 5.73 Å². The third kappa shape index (κ3) is 1.61. The SMILES string of the molecule is Cc1cc(CN)c2cnn(C(C)C)c2n1. The van der Waals surface area contributed by atoms with Gasteiger partial charge in [-0.25, -0.2) is 9.67 Å². The number of fused-ring (bicyclic) bond motifs is 1. The summed E-state index contributed by atoms with van der Waals surface area (Å²) in [6.45, 7) is 6.71. The first kappa shape index (κ1) is 10.1. The Labute approximate surface area is 89.1 Å². The molecule has 0 atom stereocenters. The van der Waals surface area contributed by atoms with Crippen molar-refractivity contribution < 1.29 is 0 Å². The summed E-state index contributed by atoms with van der Waals surface area (Å²) in [4.78, 5) is 4.51. The van der Waals surface area contributed by atoms with Crippen molar-refractivity contribution in [3.8, 4) is 0 Å². The number of nitrogens with zero attached hydrogens (tertiary/aromatic N) is 3. The molecule has 2 aromatic heterocycles. The first-order chi connectivity index (χ1) is 7.13. The van der Waals surface area contributed by atoms with Crippen LogP contribution in [0, 0.1) is 6.92 Å². The van der Waals surface area contributed by atoms with E-state index in [1.165, 1.54) is 0 Å². The maximum atomic E-state index is 5.71. The Morgan fingerprint density at radius 2 is 2.20 bits per heavy atom. The predicted octanol–water partition coefficient (Wildman–Crippen LogP) is 1.78. The summed E-state index contributed by atoms with van der Waals surface area (Å²) >= 11 is 0. The molecule has 2 aromatic rings. The largest absolute Gasteiger partial charge is 0.326 e. The highest BCUT2D eigenvalue weighted by molar-refractivity contribution is 5.79. The van der Waals surface area contributed by atoms with E-state index in [1.807, 2.05) is 23.9 Å². The van der Waals surface area contributed by atoms with Crippen LogP contribution in [0.2, 0.25) is 0 Å². The quantitative estimate of drug-likeness (QED) is 0.811. The van der Waals surface area contributed by atoms with Gasteiger partial charge in [0.1, 0.15) is 0 Å². The zero-order valence-electron chi connectivity index (χ0n) is 9.36. The van der Waals surface area contributed by atoms with E-state index in [9.17, 15) is 0 Å². The molecule has 2 rings (SSSR count). The molecule has 0 fully saturated rings. The lowest BCUT2D eigenvalue weighted by atomic mass is 10.1. The van der Waals surface area contributed by atoms with Crippen LogP contribution in [0.4, 0.5) is 0 Å². The number of aromatic nitrogens is 3. The number of hydrogen-bond donors (Lipinski definition) is 1. The average molecular weight is 204 g/mol. The van der Waals surface area contributed by atoms with Crippen LogP contribution in [0.15, 0.2) is 12.3 Å². The summed E-state index contributed by atoms with van der Waals surface area (Å²) in [6, 6.07) is 2.34. The molecule has 0 saturated carbocycles. The predicted molar refractivity (Wildman–Crippen MR) is 60.5 cm³/mol. The number of rotatable bonds is 2. The van der Waals surface area contributed by atoms with Crippen molar-refractivity contribution >= 4 is 11.0 Å². The van der Waals surface area contributed by atoms with E-state index in [2.05, 4.69) is 23.9 Å². The Kier molecular flexibility index (Phi) is 2.44. The molecule has 0 bridgehead atoms. The molecule has 2 N–H and O–H groups in total. The van der Waals surface area contributed by atoms with Gasteiger partial charge in [0, 0.05) is 23.7 Å². The fraction of sp³-hybridized carbons (Fsp3) is 0.455. The van der Waals surface area contributed by atoms with Crippen LogP contribution in [0.3, 0.4) is 0 Å². The van der Waals surface area contributed by atoms with Gasteiger partial charge >= 0.3 is 0 Å². The van der Waals surface area contributed by atoms with Crippen molar-refractivity contribution in [1.29, 1.82) is 0 Å². The molecule has 0 aliphatic carbocycles. The zero-order chi connectivity index (χ0) is 11.0.